The van der Waals surface area contributed by atoms with Crippen LogP contribution >= 0.6 is 11.3 Å². The molecular weight excluding hydrogens is 420 g/mol. The van der Waals surface area contributed by atoms with Crippen molar-refractivity contribution >= 4 is 50.6 Å². The third-order valence-electron chi connectivity index (χ3n) is 4.95. The molecule has 10 heteroatoms. The number of thiazole rings is 1. The average Bonchev–Trinajstić information content (AvgIpc) is 3.27. The molecule has 0 N–H and O–H groups in total. The predicted octanol–water partition coefficient (Wildman–Crippen LogP) is 3.42. The van der Waals surface area contributed by atoms with Gasteiger partial charge in [0.15, 0.2) is 4.80 Å². The van der Waals surface area contributed by atoms with Gasteiger partial charge in [0.2, 0.25) is 11.8 Å². The van der Waals surface area contributed by atoms with Crippen molar-refractivity contribution in [3.8, 4) is 0 Å². The molecule has 0 saturated carbocycles. The molecule has 1 aliphatic heterocycles. The van der Waals surface area contributed by atoms with E-state index >= 15 is 0 Å². The van der Waals surface area contributed by atoms with E-state index in [1.807, 2.05) is 11.5 Å². The molecule has 0 aliphatic carbocycles. The van der Waals surface area contributed by atoms with Gasteiger partial charge >= 0.3 is 0 Å². The normalized spacial score (nSPS) is 14.6. The van der Waals surface area contributed by atoms with Crippen LogP contribution < -0.4 is 9.70 Å². The number of nitrogens with zero attached hydrogens (tertiary/aromatic N) is 4. The van der Waals surface area contributed by atoms with Crippen molar-refractivity contribution in [3.63, 3.8) is 0 Å². The van der Waals surface area contributed by atoms with Crippen LogP contribution in [0.2, 0.25) is 0 Å². The number of nitro benzene ring substituents is 1. The second kappa shape index (κ2) is 8.23. The highest BCUT2D eigenvalue weighted by molar-refractivity contribution is 7.16. The third-order valence-corrected chi connectivity index (χ3v) is 5.99. The van der Waals surface area contributed by atoms with E-state index in [-0.39, 0.29) is 30.3 Å². The van der Waals surface area contributed by atoms with Crippen LogP contribution in [-0.4, -0.2) is 27.2 Å². The molecule has 31 heavy (non-hydrogen) atoms. The maximum Gasteiger partial charge on any atom is 0.279 e. The predicted molar refractivity (Wildman–Crippen MR) is 115 cm³/mol. The lowest BCUT2D eigenvalue weighted by molar-refractivity contribution is -0.384. The van der Waals surface area contributed by atoms with Crippen molar-refractivity contribution in [2.24, 2.45) is 4.99 Å². The number of hydrogen-bond donors (Lipinski definition) is 0. The molecule has 1 aromatic heterocycles. The average molecular weight is 438 g/mol. The first kappa shape index (κ1) is 20.6. The Morgan fingerprint density at radius 3 is 2.42 bits per heavy atom. The molecule has 0 unspecified atom stereocenters. The number of aromatic nitrogens is 1. The van der Waals surface area contributed by atoms with Gasteiger partial charge < -0.3 is 4.57 Å². The minimum absolute atomic E-state index is 0.0168. The number of rotatable bonds is 5. The number of anilines is 1. The summed E-state index contributed by atoms with van der Waals surface area (Å²) >= 11 is 1.22. The van der Waals surface area contributed by atoms with E-state index in [9.17, 15) is 24.5 Å². The van der Waals surface area contributed by atoms with E-state index in [1.54, 1.807) is 18.2 Å². The van der Waals surface area contributed by atoms with Gasteiger partial charge in [-0.15, -0.1) is 0 Å². The van der Waals surface area contributed by atoms with Crippen molar-refractivity contribution in [2.45, 2.75) is 32.7 Å². The monoisotopic (exact) mass is 438 g/mol. The highest BCUT2D eigenvalue weighted by atomic mass is 32.1. The van der Waals surface area contributed by atoms with Gasteiger partial charge in [-0.2, -0.15) is 4.99 Å². The molecule has 9 nitrogen and oxygen atoms in total. The topological polar surface area (TPSA) is 115 Å². The van der Waals surface area contributed by atoms with Gasteiger partial charge in [-0.25, -0.2) is 0 Å². The van der Waals surface area contributed by atoms with Gasteiger partial charge in [-0.1, -0.05) is 18.3 Å². The number of amides is 3. The molecule has 0 atom stereocenters. The van der Waals surface area contributed by atoms with E-state index < -0.39 is 10.8 Å². The van der Waals surface area contributed by atoms with Crippen LogP contribution in [0, 0.1) is 10.1 Å². The summed E-state index contributed by atoms with van der Waals surface area (Å²) in [6, 6.07) is 10.8. The Morgan fingerprint density at radius 1 is 1.13 bits per heavy atom. The Morgan fingerprint density at radius 2 is 1.81 bits per heavy atom. The quantitative estimate of drug-likeness (QED) is 0.344. The largest absolute Gasteiger partial charge is 0.316 e. The van der Waals surface area contributed by atoms with E-state index in [4.69, 9.17) is 0 Å². The Balaban J connectivity index is 1.69. The van der Waals surface area contributed by atoms with E-state index in [2.05, 4.69) is 4.99 Å². The van der Waals surface area contributed by atoms with Crippen LogP contribution in [0.5, 0.6) is 0 Å². The molecule has 0 spiro atoms. The zero-order chi connectivity index (χ0) is 22.1. The SMILES string of the molecule is CCCn1c(=NC(=O)c2ccc(N3C(=O)CCC3=O)cc2)sc2cc([N+](=O)[O-])ccc21. The fraction of sp³-hybridized carbons (Fsp3) is 0.238. The molecule has 1 saturated heterocycles. The van der Waals surface area contributed by atoms with Crippen LogP contribution in [0.1, 0.15) is 36.5 Å². The first-order valence-electron chi connectivity index (χ1n) is 9.71. The summed E-state index contributed by atoms with van der Waals surface area (Å²) in [5.74, 6) is -0.987. The van der Waals surface area contributed by atoms with Crippen molar-refractivity contribution in [1.82, 2.24) is 4.57 Å². The summed E-state index contributed by atoms with van der Waals surface area (Å²) in [5.41, 5.74) is 1.51. The van der Waals surface area contributed by atoms with Gasteiger partial charge in [-0.05, 0) is 36.8 Å². The van der Waals surface area contributed by atoms with Gasteiger partial charge in [0.1, 0.15) is 0 Å². The first-order chi connectivity index (χ1) is 14.9. The highest BCUT2D eigenvalue weighted by Gasteiger charge is 2.30. The number of hydrogen-bond acceptors (Lipinski definition) is 6. The van der Waals surface area contributed by atoms with Crippen LogP contribution in [0.4, 0.5) is 11.4 Å². The number of non-ortho nitro benzene ring substituents is 1. The number of aryl methyl sites for hydroxylation is 1. The van der Waals surface area contributed by atoms with Crippen LogP contribution in [-0.2, 0) is 16.1 Å². The summed E-state index contributed by atoms with van der Waals surface area (Å²) in [5, 5.41) is 11.1. The number of carbonyl (C=O) groups excluding carboxylic acids is 3. The molecule has 3 amide bonds. The van der Waals surface area contributed by atoms with E-state index in [0.29, 0.717) is 27.3 Å². The zero-order valence-electron chi connectivity index (χ0n) is 16.6. The maximum atomic E-state index is 12.8. The minimum Gasteiger partial charge on any atom is -0.316 e. The second-order valence-corrected chi connectivity index (χ2v) is 8.04. The lowest BCUT2D eigenvalue weighted by Gasteiger charge is -2.13. The van der Waals surface area contributed by atoms with Crippen LogP contribution in [0.3, 0.4) is 0 Å². The molecule has 4 rings (SSSR count). The van der Waals surface area contributed by atoms with Crippen molar-refractivity contribution in [2.75, 3.05) is 4.90 Å². The number of carbonyl (C=O) groups is 3. The van der Waals surface area contributed by atoms with Gasteiger partial charge in [-0.3, -0.25) is 29.4 Å². The summed E-state index contributed by atoms with van der Waals surface area (Å²) in [7, 11) is 0. The molecule has 0 bridgehead atoms. The molecule has 2 heterocycles. The Kier molecular flexibility index (Phi) is 5.47. The zero-order valence-corrected chi connectivity index (χ0v) is 17.4. The standard InChI is InChI=1S/C21H18N4O5S/c1-2-11-23-16-8-7-15(25(29)30)12-17(16)31-21(23)22-20(28)13-3-5-14(6-4-13)24-18(26)9-10-19(24)27/h3-8,12H,2,9-11H2,1H3. The number of fused-ring (bicyclic) bond motifs is 1. The molecule has 2 aromatic carbocycles. The van der Waals surface area contributed by atoms with Crippen LogP contribution in [0.15, 0.2) is 47.5 Å². The minimum atomic E-state index is -0.475. The molecule has 1 fully saturated rings. The maximum absolute atomic E-state index is 12.8. The Bertz CT molecular complexity index is 1270. The summed E-state index contributed by atoms with van der Waals surface area (Å²) in [6.45, 7) is 2.61. The third kappa shape index (κ3) is 3.89. The van der Waals surface area contributed by atoms with Crippen LogP contribution in [0.25, 0.3) is 10.2 Å². The van der Waals surface area contributed by atoms with Crippen molar-refractivity contribution in [3.05, 3.63) is 62.9 Å². The van der Waals surface area contributed by atoms with E-state index in [0.717, 1.165) is 16.8 Å². The van der Waals surface area contributed by atoms with Gasteiger partial charge in [0.25, 0.3) is 11.6 Å². The van der Waals surface area contributed by atoms with Crippen molar-refractivity contribution in [1.29, 1.82) is 0 Å². The summed E-state index contributed by atoms with van der Waals surface area (Å²) in [6.07, 6.45) is 1.18. The Labute approximate surface area is 180 Å². The van der Waals surface area contributed by atoms with E-state index in [1.165, 1.54) is 35.6 Å². The number of benzene rings is 2. The lowest BCUT2D eigenvalue weighted by atomic mass is 10.2. The molecule has 1 aliphatic rings. The number of nitro groups is 1. The van der Waals surface area contributed by atoms with Gasteiger partial charge in [0, 0.05) is 37.1 Å². The lowest BCUT2D eigenvalue weighted by Crippen LogP contribution is -2.28. The fourth-order valence-electron chi connectivity index (χ4n) is 3.47. The number of imide groups is 1. The second-order valence-electron chi connectivity index (χ2n) is 7.03. The first-order valence-corrected chi connectivity index (χ1v) is 10.5. The Hall–Kier alpha value is -3.66. The van der Waals surface area contributed by atoms with Crippen molar-refractivity contribution < 1.29 is 19.3 Å². The molecular formula is C21H18N4O5S. The highest BCUT2D eigenvalue weighted by Crippen LogP contribution is 2.25. The molecule has 3 aromatic rings. The summed E-state index contributed by atoms with van der Waals surface area (Å²) < 4.78 is 2.55. The molecule has 158 valence electrons. The molecule has 0 radical (unpaired) electrons. The summed E-state index contributed by atoms with van der Waals surface area (Å²) in [4.78, 5) is 52.9. The smallest absolute Gasteiger partial charge is 0.279 e. The fourth-order valence-corrected chi connectivity index (χ4v) is 4.56. The van der Waals surface area contributed by atoms with Gasteiger partial charge in [0.05, 0.1) is 20.8 Å².